The van der Waals surface area contributed by atoms with Crippen LogP contribution in [0.25, 0.3) is 10.6 Å². The van der Waals surface area contributed by atoms with E-state index in [2.05, 4.69) is 31.4 Å². The number of carboxylic acid groups (broad SMARTS) is 1. The van der Waals surface area contributed by atoms with E-state index in [0.29, 0.717) is 5.56 Å². The van der Waals surface area contributed by atoms with Crippen LogP contribution in [0, 0.1) is 18.6 Å². The number of aryl methyl sites for hydroxylation is 1. The number of anilines is 1. The number of hydrogen-bond acceptors (Lipinski definition) is 5. The summed E-state index contributed by atoms with van der Waals surface area (Å²) in [7, 11) is 0. The largest absolute Gasteiger partial charge is 0.478 e. The number of amides is 1. The Kier molecular flexibility index (Phi) is 5.29. The van der Waals surface area contributed by atoms with Crippen molar-refractivity contribution in [1.29, 1.82) is 0 Å². The molecule has 0 spiro atoms. The molecular formula is C17H10BrF2N3O3S. The first kappa shape index (κ1) is 19.1. The highest BCUT2D eigenvalue weighted by atomic mass is 79.9. The predicted octanol–water partition coefficient (Wildman–Crippen LogP) is 4.50. The second kappa shape index (κ2) is 7.49. The van der Waals surface area contributed by atoms with Gasteiger partial charge >= 0.3 is 5.97 Å². The van der Waals surface area contributed by atoms with Gasteiger partial charge in [-0.2, -0.15) is 0 Å². The number of halogens is 3. The molecule has 138 valence electrons. The Morgan fingerprint density at radius 3 is 2.41 bits per heavy atom. The standard InChI is InChI=1S/C17H10BrF2N3O3S/c1-7-4-8(2-3-10(7)16(25)26)14(24)21-17-23-22-15(27-17)13-11(19)5-9(18)6-12(13)20/h2-6H,1H3,(H,25,26)(H,21,23,24). The topological polar surface area (TPSA) is 92.2 Å². The molecule has 2 aromatic carbocycles. The Hall–Kier alpha value is -2.72. The molecule has 3 aromatic rings. The van der Waals surface area contributed by atoms with E-state index in [1.54, 1.807) is 6.92 Å². The zero-order valence-electron chi connectivity index (χ0n) is 13.6. The SMILES string of the molecule is Cc1cc(C(=O)Nc2nnc(-c3c(F)cc(Br)cc3F)s2)ccc1C(=O)O. The van der Waals surface area contributed by atoms with Crippen LogP contribution in [0.5, 0.6) is 0 Å². The highest BCUT2D eigenvalue weighted by Crippen LogP contribution is 2.32. The van der Waals surface area contributed by atoms with E-state index in [9.17, 15) is 18.4 Å². The van der Waals surface area contributed by atoms with Crippen molar-refractivity contribution in [3.05, 3.63) is 63.1 Å². The van der Waals surface area contributed by atoms with E-state index in [-0.39, 0.29) is 31.3 Å². The highest BCUT2D eigenvalue weighted by Gasteiger charge is 2.19. The molecule has 0 radical (unpaired) electrons. The van der Waals surface area contributed by atoms with Crippen LogP contribution in [0.1, 0.15) is 26.3 Å². The molecule has 10 heteroatoms. The first-order chi connectivity index (χ1) is 12.8. The van der Waals surface area contributed by atoms with Crippen molar-refractivity contribution in [3.8, 4) is 10.6 Å². The number of aromatic nitrogens is 2. The van der Waals surface area contributed by atoms with Crippen LogP contribution >= 0.6 is 27.3 Å². The Labute approximate surface area is 164 Å². The minimum absolute atomic E-state index is 0.0230. The molecule has 0 saturated heterocycles. The lowest BCUT2D eigenvalue weighted by molar-refractivity contribution is 0.0695. The molecule has 2 N–H and O–H groups in total. The van der Waals surface area contributed by atoms with Crippen molar-refractivity contribution in [3.63, 3.8) is 0 Å². The normalized spacial score (nSPS) is 10.7. The monoisotopic (exact) mass is 453 g/mol. The van der Waals surface area contributed by atoms with Crippen molar-refractivity contribution in [2.24, 2.45) is 0 Å². The van der Waals surface area contributed by atoms with Crippen molar-refractivity contribution in [1.82, 2.24) is 10.2 Å². The summed E-state index contributed by atoms with van der Waals surface area (Å²) in [4.78, 5) is 23.3. The molecule has 0 aliphatic rings. The van der Waals surface area contributed by atoms with Gasteiger partial charge in [0, 0.05) is 10.0 Å². The van der Waals surface area contributed by atoms with Gasteiger partial charge in [0.05, 0.1) is 11.1 Å². The number of benzene rings is 2. The van der Waals surface area contributed by atoms with Crippen molar-refractivity contribution >= 4 is 44.3 Å². The van der Waals surface area contributed by atoms with Crippen LogP contribution in [0.15, 0.2) is 34.8 Å². The molecule has 3 rings (SSSR count). The van der Waals surface area contributed by atoms with Gasteiger partial charge in [-0.05, 0) is 42.8 Å². The van der Waals surface area contributed by atoms with Gasteiger partial charge in [-0.1, -0.05) is 27.3 Å². The Morgan fingerprint density at radius 2 is 1.81 bits per heavy atom. The van der Waals surface area contributed by atoms with Crippen LogP contribution in [0.2, 0.25) is 0 Å². The van der Waals surface area contributed by atoms with Gasteiger partial charge < -0.3 is 5.11 Å². The van der Waals surface area contributed by atoms with Crippen LogP contribution in [-0.2, 0) is 0 Å². The van der Waals surface area contributed by atoms with Gasteiger partial charge in [0.15, 0.2) is 5.01 Å². The fourth-order valence-corrected chi connectivity index (χ4v) is 3.52. The van der Waals surface area contributed by atoms with Gasteiger partial charge in [-0.25, -0.2) is 13.6 Å². The summed E-state index contributed by atoms with van der Waals surface area (Å²) in [6.45, 7) is 1.57. The molecule has 6 nitrogen and oxygen atoms in total. The van der Waals surface area contributed by atoms with Crippen molar-refractivity contribution in [2.45, 2.75) is 6.92 Å². The van der Waals surface area contributed by atoms with Crippen LogP contribution in [0.4, 0.5) is 13.9 Å². The summed E-state index contributed by atoms with van der Waals surface area (Å²) in [5.41, 5.74) is 0.395. The third-order valence-electron chi connectivity index (χ3n) is 3.59. The van der Waals surface area contributed by atoms with Gasteiger partial charge in [-0.15, -0.1) is 10.2 Å². The zero-order valence-corrected chi connectivity index (χ0v) is 16.0. The maximum atomic E-state index is 14.0. The van der Waals surface area contributed by atoms with Crippen LogP contribution < -0.4 is 5.32 Å². The highest BCUT2D eigenvalue weighted by molar-refractivity contribution is 9.10. The molecule has 0 aliphatic heterocycles. The minimum Gasteiger partial charge on any atom is -0.478 e. The fourth-order valence-electron chi connectivity index (χ4n) is 2.34. The quantitative estimate of drug-likeness (QED) is 0.606. The Bertz CT molecular complexity index is 1050. The zero-order chi connectivity index (χ0) is 19.7. The summed E-state index contributed by atoms with van der Waals surface area (Å²) in [5, 5.41) is 19.0. The molecule has 0 aliphatic carbocycles. The lowest BCUT2D eigenvalue weighted by Gasteiger charge is -2.05. The lowest BCUT2D eigenvalue weighted by atomic mass is 10.0. The van der Waals surface area contributed by atoms with E-state index < -0.39 is 23.5 Å². The summed E-state index contributed by atoms with van der Waals surface area (Å²) in [6.07, 6.45) is 0. The number of nitrogens with zero attached hydrogens (tertiary/aromatic N) is 2. The molecule has 1 aromatic heterocycles. The molecule has 0 bridgehead atoms. The Balaban J connectivity index is 1.83. The van der Waals surface area contributed by atoms with Crippen LogP contribution in [0.3, 0.4) is 0 Å². The minimum atomic E-state index is -1.09. The first-order valence-corrected chi connectivity index (χ1v) is 9.01. The summed E-state index contributed by atoms with van der Waals surface area (Å²) in [5.74, 6) is -3.26. The van der Waals surface area contributed by atoms with E-state index in [1.165, 1.54) is 18.2 Å². The molecule has 0 unspecified atom stereocenters. The number of aromatic carboxylic acids is 1. The van der Waals surface area contributed by atoms with Crippen LogP contribution in [-0.4, -0.2) is 27.2 Å². The number of nitrogens with one attached hydrogen (secondary N) is 1. The molecule has 0 atom stereocenters. The predicted molar refractivity (Wildman–Crippen MR) is 99.1 cm³/mol. The molecule has 0 saturated carbocycles. The van der Waals surface area contributed by atoms with Gasteiger partial charge in [0.25, 0.3) is 5.91 Å². The average Bonchev–Trinajstić information content (AvgIpc) is 3.01. The second-order valence-corrected chi connectivity index (χ2v) is 7.34. The summed E-state index contributed by atoms with van der Waals surface area (Å²) < 4.78 is 28.3. The number of carboxylic acids is 1. The van der Waals surface area contributed by atoms with Gasteiger partial charge in [0.2, 0.25) is 5.13 Å². The number of hydrogen-bond donors (Lipinski definition) is 2. The molecule has 1 heterocycles. The van der Waals surface area contributed by atoms with E-state index >= 15 is 0 Å². The average molecular weight is 454 g/mol. The molecule has 1 amide bonds. The van der Waals surface area contributed by atoms with E-state index in [0.717, 1.165) is 23.5 Å². The van der Waals surface area contributed by atoms with Crippen molar-refractivity contribution in [2.75, 3.05) is 5.32 Å². The summed E-state index contributed by atoms with van der Waals surface area (Å²) in [6, 6.07) is 6.32. The summed E-state index contributed by atoms with van der Waals surface area (Å²) >= 11 is 3.81. The third kappa shape index (κ3) is 4.01. The third-order valence-corrected chi connectivity index (χ3v) is 4.90. The maximum absolute atomic E-state index is 14.0. The fraction of sp³-hybridized carbons (Fsp3) is 0.0588. The first-order valence-electron chi connectivity index (χ1n) is 7.40. The van der Waals surface area contributed by atoms with Gasteiger partial charge in [0.1, 0.15) is 11.6 Å². The Morgan fingerprint density at radius 1 is 1.15 bits per heavy atom. The van der Waals surface area contributed by atoms with Crippen molar-refractivity contribution < 1.29 is 23.5 Å². The van der Waals surface area contributed by atoms with E-state index in [1.807, 2.05) is 0 Å². The number of rotatable bonds is 4. The molecular weight excluding hydrogens is 444 g/mol. The lowest BCUT2D eigenvalue weighted by Crippen LogP contribution is -2.12. The maximum Gasteiger partial charge on any atom is 0.335 e. The molecule has 27 heavy (non-hydrogen) atoms. The van der Waals surface area contributed by atoms with E-state index in [4.69, 9.17) is 5.11 Å². The smallest absolute Gasteiger partial charge is 0.335 e. The number of carbonyl (C=O) groups is 2. The number of carbonyl (C=O) groups excluding carboxylic acids is 1. The second-order valence-electron chi connectivity index (χ2n) is 5.45. The molecule has 0 fully saturated rings. The van der Waals surface area contributed by atoms with Gasteiger partial charge in [-0.3, -0.25) is 10.1 Å².